The van der Waals surface area contributed by atoms with E-state index in [1.165, 1.54) is 0 Å². The van der Waals surface area contributed by atoms with Crippen molar-refractivity contribution in [3.8, 4) is 0 Å². The fourth-order valence-electron chi connectivity index (χ4n) is 2.05. The van der Waals surface area contributed by atoms with Crippen molar-refractivity contribution in [1.82, 2.24) is 15.2 Å². The number of aromatic amines is 1. The highest BCUT2D eigenvalue weighted by Crippen LogP contribution is 2.31. The van der Waals surface area contributed by atoms with Crippen LogP contribution in [0.4, 0.5) is 0 Å². The first-order valence-electron chi connectivity index (χ1n) is 5.88. The summed E-state index contributed by atoms with van der Waals surface area (Å²) in [7, 11) is 0. The molecule has 2 heterocycles. The number of nitrogens with two attached hydrogens (primary N) is 1. The summed E-state index contributed by atoms with van der Waals surface area (Å²) in [4.78, 5) is 4.57. The normalized spacial score (nSPS) is 20.2. The Morgan fingerprint density at radius 2 is 2.12 bits per heavy atom. The van der Waals surface area contributed by atoms with E-state index >= 15 is 0 Å². The number of hydrogen-bond donors (Lipinski definition) is 2. The van der Waals surface area contributed by atoms with E-state index in [0.717, 1.165) is 37.7 Å². The molecule has 0 radical (unpaired) electrons. The summed E-state index contributed by atoms with van der Waals surface area (Å²) >= 11 is 0. The van der Waals surface area contributed by atoms with Crippen LogP contribution in [0.3, 0.4) is 0 Å². The quantitative estimate of drug-likeness (QED) is 0.801. The molecule has 1 aromatic rings. The number of rotatable bonds is 3. The van der Waals surface area contributed by atoms with Gasteiger partial charge in [0.05, 0.1) is 0 Å². The maximum Gasteiger partial charge on any atom is 0.158 e. The van der Waals surface area contributed by atoms with Crippen molar-refractivity contribution in [2.24, 2.45) is 5.73 Å². The zero-order valence-corrected chi connectivity index (χ0v) is 9.99. The standard InChI is InChI=1S/C11H20N4O/c1-8(2)9-13-10(15-14-9)11(7-12)3-5-16-6-4-11/h8H,3-7,12H2,1-2H3,(H,13,14,15). The Morgan fingerprint density at radius 3 is 2.62 bits per heavy atom. The van der Waals surface area contributed by atoms with E-state index in [0.29, 0.717) is 12.5 Å². The van der Waals surface area contributed by atoms with Crippen LogP contribution < -0.4 is 5.73 Å². The van der Waals surface area contributed by atoms with Crippen LogP contribution in [0.1, 0.15) is 44.3 Å². The summed E-state index contributed by atoms with van der Waals surface area (Å²) in [5.41, 5.74) is 5.82. The van der Waals surface area contributed by atoms with E-state index in [2.05, 4.69) is 29.0 Å². The summed E-state index contributed by atoms with van der Waals surface area (Å²) in [5, 5.41) is 7.34. The first-order valence-corrected chi connectivity index (χ1v) is 5.88. The average Bonchev–Trinajstić information content (AvgIpc) is 2.80. The molecular formula is C11H20N4O. The third-order valence-corrected chi connectivity index (χ3v) is 3.36. The summed E-state index contributed by atoms with van der Waals surface area (Å²) in [5.74, 6) is 2.17. The van der Waals surface area contributed by atoms with Crippen LogP contribution in [-0.4, -0.2) is 34.9 Å². The van der Waals surface area contributed by atoms with Crippen molar-refractivity contribution < 1.29 is 4.74 Å². The maximum absolute atomic E-state index is 5.91. The third kappa shape index (κ3) is 1.97. The Morgan fingerprint density at radius 1 is 1.44 bits per heavy atom. The maximum atomic E-state index is 5.91. The van der Waals surface area contributed by atoms with Crippen molar-refractivity contribution in [3.05, 3.63) is 11.6 Å². The molecule has 0 aliphatic carbocycles. The molecule has 0 atom stereocenters. The lowest BCUT2D eigenvalue weighted by atomic mass is 9.79. The summed E-state index contributed by atoms with van der Waals surface area (Å²) in [6.45, 7) is 6.30. The van der Waals surface area contributed by atoms with Crippen LogP contribution in [0.5, 0.6) is 0 Å². The van der Waals surface area contributed by atoms with Gasteiger partial charge in [-0.2, -0.15) is 5.10 Å². The van der Waals surface area contributed by atoms with Crippen LogP contribution in [-0.2, 0) is 10.2 Å². The second kappa shape index (κ2) is 4.51. The SMILES string of the molecule is CC(C)c1nc(C2(CN)CCOCC2)n[nH]1. The first kappa shape index (κ1) is 11.5. The minimum absolute atomic E-state index is 0.0815. The molecule has 5 nitrogen and oxygen atoms in total. The predicted molar refractivity (Wildman–Crippen MR) is 61.3 cm³/mol. The number of aromatic nitrogens is 3. The molecule has 1 aliphatic heterocycles. The topological polar surface area (TPSA) is 76.8 Å². The zero-order chi connectivity index (χ0) is 11.6. The van der Waals surface area contributed by atoms with Crippen molar-refractivity contribution >= 4 is 0 Å². The van der Waals surface area contributed by atoms with Crippen molar-refractivity contribution in [2.45, 2.75) is 38.0 Å². The van der Waals surface area contributed by atoms with Crippen LogP contribution >= 0.6 is 0 Å². The van der Waals surface area contributed by atoms with Gasteiger partial charge in [0.2, 0.25) is 0 Å². The molecule has 0 bridgehead atoms. The van der Waals surface area contributed by atoms with Crippen molar-refractivity contribution in [1.29, 1.82) is 0 Å². The second-order valence-corrected chi connectivity index (χ2v) is 4.80. The fourth-order valence-corrected chi connectivity index (χ4v) is 2.05. The molecule has 3 N–H and O–H groups in total. The van der Waals surface area contributed by atoms with Gasteiger partial charge in [-0.15, -0.1) is 0 Å². The highest BCUT2D eigenvalue weighted by Gasteiger charge is 2.37. The lowest BCUT2D eigenvalue weighted by molar-refractivity contribution is 0.0500. The minimum Gasteiger partial charge on any atom is -0.381 e. The number of nitrogens with one attached hydrogen (secondary N) is 1. The van der Waals surface area contributed by atoms with Crippen LogP contribution in [0.2, 0.25) is 0 Å². The van der Waals surface area contributed by atoms with Crippen molar-refractivity contribution in [2.75, 3.05) is 19.8 Å². The van der Waals surface area contributed by atoms with E-state index in [-0.39, 0.29) is 5.41 Å². The number of H-pyrrole nitrogens is 1. The highest BCUT2D eigenvalue weighted by atomic mass is 16.5. The third-order valence-electron chi connectivity index (χ3n) is 3.36. The zero-order valence-electron chi connectivity index (χ0n) is 9.99. The van der Waals surface area contributed by atoms with Gasteiger partial charge in [-0.05, 0) is 12.8 Å². The monoisotopic (exact) mass is 224 g/mol. The van der Waals surface area contributed by atoms with Gasteiger partial charge in [-0.25, -0.2) is 4.98 Å². The molecule has 1 aromatic heterocycles. The second-order valence-electron chi connectivity index (χ2n) is 4.80. The molecule has 16 heavy (non-hydrogen) atoms. The van der Waals surface area contributed by atoms with Crippen molar-refractivity contribution in [3.63, 3.8) is 0 Å². The lowest BCUT2D eigenvalue weighted by Crippen LogP contribution is -2.41. The number of hydrogen-bond acceptors (Lipinski definition) is 4. The molecule has 1 saturated heterocycles. The van der Waals surface area contributed by atoms with Crippen LogP contribution in [0.15, 0.2) is 0 Å². The molecular weight excluding hydrogens is 204 g/mol. The Labute approximate surface area is 95.8 Å². The Hall–Kier alpha value is -0.940. The molecule has 0 saturated carbocycles. The molecule has 1 fully saturated rings. The Kier molecular flexibility index (Phi) is 3.25. The summed E-state index contributed by atoms with van der Waals surface area (Å²) < 4.78 is 5.38. The molecule has 0 unspecified atom stereocenters. The van der Waals surface area contributed by atoms with Gasteiger partial charge >= 0.3 is 0 Å². The molecule has 0 spiro atoms. The molecule has 90 valence electrons. The molecule has 0 aromatic carbocycles. The predicted octanol–water partition coefficient (Wildman–Crippen LogP) is 0.935. The van der Waals surface area contributed by atoms with E-state index in [9.17, 15) is 0 Å². The number of nitrogens with zero attached hydrogens (tertiary/aromatic N) is 2. The van der Waals surface area contributed by atoms with Gasteiger partial charge in [0, 0.05) is 31.1 Å². The van der Waals surface area contributed by atoms with Gasteiger partial charge in [-0.1, -0.05) is 13.8 Å². The lowest BCUT2D eigenvalue weighted by Gasteiger charge is -2.33. The van der Waals surface area contributed by atoms with E-state index in [1.807, 2.05) is 0 Å². The first-order chi connectivity index (χ1) is 7.68. The van der Waals surface area contributed by atoms with Crippen LogP contribution in [0, 0.1) is 0 Å². The molecule has 2 rings (SSSR count). The largest absolute Gasteiger partial charge is 0.381 e. The Balaban J connectivity index is 2.25. The van der Waals surface area contributed by atoms with E-state index < -0.39 is 0 Å². The van der Waals surface area contributed by atoms with E-state index in [4.69, 9.17) is 10.5 Å². The smallest absolute Gasteiger partial charge is 0.158 e. The molecule has 0 amide bonds. The van der Waals surface area contributed by atoms with Crippen LogP contribution in [0.25, 0.3) is 0 Å². The summed E-state index contributed by atoms with van der Waals surface area (Å²) in [6, 6.07) is 0. The highest BCUT2D eigenvalue weighted by molar-refractivity contribution is 5.11. The van der Waals surface area contributed by atoms with Gasteiger partial charge in [-0.3, -0.25) is 5.10 Å². The average molecular weight is 224 g/mol. The fraction of sp³-hybridized carbons (Fsp3) is 0.818. The number of ether oxygens (including phenoxy) is 1. The Bertz CT molecular complexity index is 342. The van der Waals surface area contributed by atoms with Gasteiger partial charge in [0.25, 0.3) is 0 Å². The molecule has 5 heteroatoms. The van der Waals surface area contributed by atoms with Gasteiger partial charge < -0.3 is 10.5 Å². The van der Waals surface area contributed by atoms with Gasteiger partial charge in [0.1, 0.15) is 5.82 Å². The summed E-state index contributed by atoms with van der Waals surface area (Å²) in [6.07, 6.45) is 1.83. The van der Waals surface area contributed by atoms with Gasteiger partial charge in [0.15, 0.2) is 5.82 Å². The minimum atomic E-state index is -0.0815. The molecule has 1 aliphatic rings. The van der Waals surface area contributed by atoms with E-state index in [1.54, 1.807) is 0 Å².